The zero-order chi connectivity index (χ0) is 39.9. The Morgan fingerprint density at radius 3 is 1.32 bits per heavy atom. The van der Waals surface area contributed by atoms with Crippen LogP contribution in [0.3, 0.4) is 0 Å². The van der Waals surface area contributed by atoms with Crippen LogP contribution in [0.5, 0.6) is 0 Å². The Hall–Kier alpha value is -7.74. The molecule has 0 atom stereocenters. The van der Waals surface area contributed by atoms with E-state index in [9.17, 15) is 0 Å². The molecule has 0 aliphatic heterocycles. The fourth-order valence-corrected chi connectivity index (χ4v) is 9.60. The van der Waals surface area contributed by atoms with Crippen molar-refractivity contribution < 1.29 is 0 Å². The summed E-state index contributed by atoms with van der Waals surface area (Å²) in [6.07, 6.45) is 0. The van der Waals surface area contributed by atoms with Gasteiger partial charge in [-0.2, -0.15) is 0 Å². The average molecular weight is 764 g/mol. The van der Waals surface area contributed by atoms with Gasteiger partial charge in [-0.1, -0.05) is 200 Å². The molecule has 0 fully saturated rings. The molecule has 0 aromatic heterocycles. The van der Waals surface area contributed by atoms with Crippen molar-refractivity contribution in [3.8, 4) is 44.5 Å². The second kappa shape index (κ2) is 14.9. The summed E-state index contributed by atoms with van der Waals surface area (Å²) in [6.45, 7) is 0. The number of benzene rings is 10. The lowest BCUT2D eigenvalue weighted by atomic mass is 9.59. The van der Waals surface area contributed by atoms with Crippen LogP contribution in [0.4, 0.5) is 17.1 Å². The summed E-state index contributed by atoms with van der Waals surface area (Å²) in [6, 6.07) is 90.9. The highest BCUT2D eigenvalue weighted by Gasteiger charge is 2.44. The molecule has 10 aromatic rings. The van der Waals surface area contributed by atoms with Crippen molar-refractivity contribution >= 4 is 27.8 Å². The summed E-state index contributed by atoms with van der Waals surface area (Å²) in [5.74, 6) is 0. The fourth-order valence-electron chi connectivity index (χ4n) is 9.60. The molecule has 60 heavy (non-hydrogen) atoms. The van der Waals surface area contributed by atoms with Gasteiger partial charge >= 0.3 is 0 Å². The molecule has 0 saturated carbocycles. The molecule has 10 aromatic carbocycles. The van der Waals surface area contributed by atoms with Crippen molar-refractivity contribution in [2.24, 2.45) is 0 Å². The molecule has 1 heteroatoms. The molecule has 0 bridgehead atoms. The normalized spacial score (nSPS) is 12.5. The van der Waals surface area contributed by atoms with Gasteiger partial charge in [-0.3, -0.25) is 0 Å². The topological polar surface area (TPSA) is 3.24 Å². The lowest BCUT2D eigenvalue weighted by Crippen LogP contribution is -2.33. The minimum absolute atomic E-state index is 0.481. The molecule has 0 unspecified atom stereocenters. The molecule has 1 aliphatic rings. The summed E-state index contributed by atoms with van der Waals surface area (Å²) in [4.78, 5) is 2.33. The minimum Gasteiger partial charge on any atom is -0.311 e. The lowest BCUT2D eigenvalue weighted by molar-refractivity contribution is 0.750. The Kier molecular flexibility index (Phi) is 8.79. The first-order valence-corrected chi connectivity index (χ1v) is 20.8. The van der Waals surface area contributed by atoms with E-state index in [0.717, 1.165) is 17.1 Å². The third-order valence-corrected chi connectivity index (χ3v) is 12.3. The predicted octanol–water partition coefficient (Wildman–Crippen LogP) is 15.7. The van der Waals surface area contributed by atoms with Gasteiger partial charge in [-0.05, 0) is 126 Å². The molecule has 0 N–H and O–H groups in total. The Morgan fingerprint density at radius 1 is 0.267 bits per heavy atom. The number of hydrogen-bond acceptors (Lipinski definition) is 1. The van der Waals surface area contributed by atoms with Crippen LogP contribution >= 0.6 is 0 Å². The van der Waals surface area contributed by atoms with Gasteiger partial charge in [-0.15, -0.1) is 0 Å². The molecule has 0 amide bonds. The summed E-state index contributed by atoms with van der Waals surface area (Å²) in [5.41, 5.74) is 17.8. The quantitative estimate of drug-likeness (QED) is 0.149. The fraction of sp³-hybridized carbons (Fsp3) is 0.0169. The second-order valence-corrected chi connectivity index (χ2v) is 15.7. The van der Waals surface area contributed by atoms with E-state index in [1.807, 2.05) is 0 Å². The van der Waals surface area contributed by atoms with Gasteiger partial charge in [-0.25, -0.2) is 0 Å². The first kappa shape index (κ1) is 35.4. The maximum absolute atomic E-state index is 2.43. The SMILES string of the molecule is c1ccc(-c2ccc(N(c3ccccc3)c3ccc(-c4cccc(-c5ccc6c(c5)-c5cccc7cccc(c57)C6(c5ccccc5)c5ccccc5)c4)cc3)cc2)cc1. The largest absolute Gasteiger partial charge is 0.311 e. The zero-order valence-corrected chi connectivity index (χ0v) is 33.1. The van der Waals surface area contributed by atoms with E-state index < -0.39 is 5.41 Å². The molecular weight excluding hydrogens is 723 g/mol. The highest BCUT2D eigenvalue weighted by Crippen LogP contribution is 2.55. The molecule has 1 aliphatic carbocycles. The van der Waals surface area contributed by atoms with Gasteiger partial charge in [0.2, 0.25) is 0 Å². The van der Waals surface area contributed by atoms with Crippen molar-refractivity contribution in [2.75, 3.05) is 4.90 Å². The number of nitrogens with zero attached hydrogens (tertiary/aromatic N) is 1. The van der Waals surface area contributed by atoms with Crippen LogP contribution in [0.2, 0.25) is 0 Å². The Labute approximate surface area is 352 Å². The van der Waals surface area contributed by atoms with Crippen LogP contribution in [0.25, 0.3) is 55.3 Å². The number of fused-ring (bicyclic) bond motifs is 2. The first-order chi connectivity index (χ1) is 29.8. The summed E-state index contributed by atoms with van der Waals surface area (Å²) in [5, 5.41) is 2.58. The number of para-hydroxylation sites is 1. The highest BCUT2D eigenvalue weighted by atomic mass is 15.1. The molecule has 0 spiro atoms. The van der Waals surface area contributed by atoms with Crippen LogP contribution in [0.15, 0.2) is 249 Å². The minimum atomic E-state index is -0.481. The summed E-state index contributed by atoms with van der Waals surface area (Å²) < 4.78 is 0. The van der Waals surface area contributed by atoms with Gasteiger partial charge in [0.05, 0.1) is 5.41 Å². The maximum Gasteiger partial charge on any atom is 0.0713 e. The van der Waals surface area contributed by atoms with E-state index in [-0.39, 0.29) is 0 Å². The number of rotatable bonds is 8. The summed E-state index contributed by atoms with van der Waals surface area (Å²) >= 11 is 0. The van der Waals surface area contributed by atoms with Gasteiger partial charge in [0.25, 0.3) is 0 Å². The van der Waals surface area contributed by atoms with Crippen LogP contribution in [-0.4, -0.2) is 0 Å². The third-order valence-electron chi connectivity index (χ3n) is 12.3. The average Bonchev–Trinajstić information content (AvgIpc) is 3.33. The lowest BCUT2D eigenvalue weighted by Gasteiger charge is -2.42. The van der Waals surface area contributed by atoms with E-state index >= 15 is 0 Å². The standard InChI is InChI=1S/C59H41N/c1-5-16-42(17-6-1)43-30-35-52(36-31-43)60(51-26-11-4-12-27-51)53-37-32-44(33-38-53)46-20-13-21-47(40-46)48-34-39-56-55(41-48)54-28-14-18-45-19-15-29-57(58(45)54)59(56,49-22-7-2-8-23-49)50-24-9-3-10-25-50/h1-41H. The van der Waals surface area contributed by atoms with Crippen LogP contribution in [0.1, 0.15) is 22.3 Å². The van der Waals surface area contributed by atoms with Crippen LogP contribution in [-0.2, 0) is 5.41 Å². The number of hydrogen-bond donors (Lipinski definition) is 0. The van der Waals surface area contributed by atoms with Crippen molar-refractivity contribution in [3.05, 3.63) is 271 Å². The Bertz CT molecular complexity index is 3050. The molecule has 0 radical (unpaired) electrons. The van der Waals surface area contributed by atoms with Crippen molar-refractivity contribution in [1.29, 1.82) is 0 Å². The Balaban J connectivity index is 0.992. The monoisotopic (exact) mass is 763 g/mol. The van der Waals surface area contributed by atoms with Gasteiger partial charge in [0.15, 0.2) is 0 Å². The molecular formula is C59H41N. The van der Waals surface area contributed by atoms with Crippen molar-refractivity contribution in [1.82, 2.24) is 0 Å². The van der Waals surface area contributed by atoms with Crippen LogP contribution in [0, 0.1) is 0 Å². The van der Waals surface area contributed by atoms with E-state index in [4.69, 9.17) is 0 Å². The third kappa shape index (κ3) is 5.94. The van der Waals surface area contributed by atoms with Gasteiger partial charge < -0.3 is 4.90 Å². The molecule has 0 heterocycles. The summed E-state index contributed by atoms with van der Waals surface area (Å²) in [7, 11) is 0. The molecule has 282 valence electrons. The molecule has 1 nitrogen and oxygen atoms in total. The maximum atomic E-state index is 2.43. The van der Waals surface area contributed by atoms with E-state index in [2.05, 4.69) is 254 Å². The molecule has 0 saturated heterocycles. The number of anilines is 3. The van der Waals surface area contributed by atoms with Crippen LogP contribution < -0.4 is 4.90 Å². The predicted molar refractivity (Wildman–Crippen MR) is 252 cm³/mol. The van der Waals surface area contributed by atoms with Crippen molar-refractivity contribution in [3.63, 3.8) is 0 Å². The Morgan fingerprint density at radius 2 is 0.700 bits per heavy atom. The zero-order valence-electron chi connectivity index (χ0n) is 33.1. The van der Waals surface area contributed by atoms with E-state index in [1.165, 1.54) is 77.5 Å². The first-order valence-electron chi connectivity index (χ1n) is 20.8. The van der Waals surface area contributed by atoms with Gasteiger partial charge in [0, 0.05) is 17.1 Å². The van der Waals surface area contributed by atoms with E-state index in [1.54, 1.807) is 0 Å². The van der Waals surface area contributed by atoms with Crippen molar-refractivity contribution in [2.45, 2.75) is 5.41 Å². The van der Waals surface area contributed by atoms with Gasteiger partial charge in [0.1, 0.15) is 0 Å². The highest BCUT2D eigenvalue weighted by molar-refractivity contribution is 6.05. The smallest absolute Gasteiger partial charge is 0.0713 e. The second-order valence-electron chi connectivity index (χ2n) is 15.7. The van der Waals surface area contributed by atoms with E-state index in [0.29, 0.717) is 0 Å². The molecule has 11 rings (SSSR count).